The van der Waals surface area contributed by atoms with Gasteiger partial charge in [-0.1, -0.05) is 24.3 Å². The highest BCUT2D eigenvalue weighted by molar-refractivity contribution is 5.70. The molecular formula is C17H23NO4. The predicted molar refractivity (Wildman–Crippen MR) is 82.6 cm³/mol. The third-order valence-corrected chi connectivity index (χ3v) is 3.35. The second-order valence-corrected chi connectivity index (χ2v) is 6.73. The highest BCUT2D eigenvalue weighted by atomic mass is 16.6. The lowest BCUT2D eigenvalue weighted by molar-refractivity contribution is -0.136. The van der Waals surface area contributed by atoms with Crippen LogP contribution in [0.3, 0.4) is 0 Å². The van der Waals surface area contributed by atoms with E-state index in [1.54, 1.807) is 17.0 Å². The fraction of sp³-hybridized carbons (Fsp3) is 0.529. The first-order valence-electron chi connectivity index (χ1n) is 7.54. The molecule has 1 aromatic rings. The molecule has 0 saturated heterocycles. The van der Waals surface area contributed by atoms with Crippen LogP contribution in [0.2, 0.25) is 0 Å². The molecule has 1 aliphatic carbocycles. The Bertz CT molecular complexity index is 541. The van der Waals surface area contributed by atoms with E-state index in [4.69, 9.17) is 9.84 Å². The van der Waals surface area contributed by atoms with Crippen LogP contribution in [-0.4, -0.2) is 33.7 Å². The number of carbonyl (C=O) groups excluding carboxylic acids is 1. The lowest BCUT2D eigenvalue weighted by atomic mass is 10.1. The molecule has 1 N–H and O–H groups in total. The summed E-state index contributed by atoms with van der Waals surface area (Å²) >= 11 is 0. The number of hydrogen-bond acceptors (Lipinski definition) is 3. The maximum absolute atomic E-state index is 12.3. The first-order chi connectivity index (χ1) is 10.2. The SMILES string of the molecule is CC(C)(C)OC(=O)N(Cc1ccc(CC(=O)O)cc1)C1CC1. The predicted octanol–water partition coefficient (Wildman–Crippen LogP) is 3.21. The van der Waals surface area contributed by atoms with Gasteiger partial charge in [-0.2, -0.15) is 0 Å². The highest BCUT2D eigenvalue weighted by Gasteiger charge is 2.35. The number of carbonyl (C=O) groups is 2. The van der Waals surface area contributed by atoms with Gasteiger partial charge in [-0.15, -0.1) is 0 Å². The minimum Gasteiger partial charge on any atom is -0.481 e. The topological polar surface area (TPSA) is 66.8 Å². The maximum atomic E-state index is 12.3. The van der Waals surface area contributed by atoms with Gasteiger partial charge in [0.25, 0.3) is 0 Å². The minimum absolute atomic E-state index is 0.0126. The first kappa shape index (κ1) is 16.3. The van der Waals surface area contributed by atoms with E-state index >= 15 is 0 Å². The van der Waals surface area contributed by atoms with Crippen LogP contribution in [0.5, 0.6) is 0 Å². The third kappa shape index (κ3) is 5.06. The van der Waals surface area contributed by atoms with E-state index in [1.165, 1.54) is 0 Å². The summed E-state index contributed by atoms with van der Waals surface area (Å²) in [5, 5.41) is 8.77. The number of carboxylic acid groups (broad SMARTS) is 1. The molecule has 5 nitrogen and oxygen atoms in total. The Morgan fingerprint density at radius 3 is 2.18 bits per heavy atom. The van der Waals surface area contributed by atoms with E-state index in [9.17, 15) is 9.59 Å². The molecule has 0 radical (unpaired) electrons. The van der Waals surface area contributed by atoms with Crippen molar-refractivity contribution in [2.45, 2.75) is 58.2 Å². The Balaban J connectivity index is 2.02. The molecule has 1 amide bonds. The van der Waals surface area contributed by atoms with Crippen molar-refractivity contribution in [3.8, 4) is 0 Å². The summed E-state index contributed by atoms with van der Waals surface area (Å²) in [7, 11) is 0. The van der Waals surface area contributed by atoms with Crippen molar-refractivity contribution in [3.63, 3.8) is 0 Å². The molecule has 5 heteroatoms. The summed E-state index contributed by atoms with van der Waals surface area (Å²) in [6.07, 6.45) is 1.75. The molecule has 0 atom stereocenters. The summed E-state index contributed by atoms with van der Waals surface area (Å²) in [6, 6.07) is 7.59. The Hall–Kier alpha value is -2.04. The molecule has 2 rings (SSSR count). The van der Waals surface area contributed by atoms with Gasteiger partial charge < -0.3 is 14.7 Å². The molecular weight excluding hydrogens is 282 g/mol. The zero-order valence-corrected chi connectivity index (χ0v) is 13.3. The Kier molecular flexibility index (Phi) is 4.74. The molecule has 120 valence electrons. The fourth-order valence-electron chi connectivity index (χ4n) is 2.18. The van der Waals surface area contributed by atoms with Gasteiger partial charge in [-0.05, 0) is 44.7 Å². The number of ether oxygens (including phenoxy) is 1. The van der Waals surface area contributed by atoms with Crippen LogP contribution < -0.4 is 0 Å². The summed E-state index contributed by atoms with van der Waals surface area (Å²) in [4.78, 5) is 24.7. The van der Waals surface area contributed by atoms with E-state index in [-0.39, 0.29) is 18.6 Å². The minimum atomic E-state index is -0.846. The number of nitrogens with zero attached hydrogens (tertiary/aromatic N) is 1. The monoisotopic (exact) mass is 305 g/mol. The molecule has 1 fully saturated rings. The maximum Gasteiger partial charge on any atom is 0.410 e. The van der Waals surface area contributed by atoms with E-state index in [1.807, 2.05) is 32.9 Å². The number of amides is 1. The Morgan fingerprint density at radius 2 is 1.73 bits per heavy atom. The van der Waals surface area contributed by atoms with Gasteiger partial charge in [-0.3, -0.25) is 4.79 Å². The van der Waals surface area contributed by atoms with Crippen molar-refractivity contribution in [2.24, 2.45) is 0 Å². The van der Waals surface area contributed by atoms with Crippen LogP contribution in [0.15, 0.2) is 24.3 Å². The van der Waals surface area contributed by atoms with Crippen LogP contribution in [0.4, 0.5) is 4.79 Å². The smallest absolute Gasteiger partial charge is 0.410 e. The van der Waals surface area contributed by atoms with Crippen LogP contribution in [0.25, 0.3) is 0 Å². The lowest BCUT2D eigenvalue weighted by Crippen LogP contribution is -2.37. The summed E-state index contributed by atoms with van der Waals surface area (Å²) in [5.74, 6) is -0.846. The van der Waals surface area contributed by atoms with E-state index in [0.717, 1.165) is 24.0 Å². The molecule has 0 unspecified atom stereocenters. The van der Waals surface area contributed by atoms with E-state index in [0.29, 0.717) is 6.54 Å². The van der Waals surface area contributed by atoms with Crippen LogP contribution in [0.1, 0.15) is 44.7 Å². The number of rotatable bonds is 5. The zero-order chi connectivity index (χ0) is 16.3. The largest absolute Gasteiger partial charge is 0.481 e. The molecule has 22 heavy (non-hydrogen) atoms. The van der Waals surface area contributed by atoms with Crippen LogP contribution >= 0.6 is 0 Å². The molecule has 1 saturated carbocycles. The number of hydrogen-bond donors (Lipinski definition) is 1. The van der Waals surface area contributed by atoms with Crippen molar-refractivity contribution in [1.29, 1.82) is 0 Å². The van der Waals surface area contributed by atoms with Crippen molar-refractivity contribution in [3.05, 3.63) is 35.4 Å². The van der Waals surface area contributed by atoms with Gasteiger partial charge in [0.2, 0.25) is 0 Å². The van der Waals surface area contributed by atoms with Gasteiger partial charge in [0.05, 0.1) is 6.42 Å². The molecule has 0 aliphatic heterocycles. The summed E-state index contributed by atoms with van der Waals surface area (Å²) in [6.45, 7) is 6.07. The molecule has 0 spiro atoms. The van der Waals surface area contributed by atoms with E-state index < -0.39 is 11.6 Å². The third-order valence-electron chi connectivity index (χ3n) is 3.35. The normalized spacial score (nSPS) is 14.5. The average Bonchev–Trinajstić information content (AvgIpc) is 3.19. The van der Waals surface area contributed by atoms with Crippen LogP contribution in [0, 0.1) is 0 Å². The molecule has 0 heterocycles. The second-order valence-electron chi connectivity index (χ2n) is 6.73. The van der Waals surface area contributed by atoms with Gasteiger partial charge in [0.1, 0.15) is 5.60 Å². The second kappa shape index (κ2) is 6.38. The van der Waals surface area contributed by atoms with Crippen molar-refractivity contribution in [2.75, 3.05) is 0 Å². The van der Waals surface area contributed by atoms with Gasteiger partial charge in [0.15, 0.2) is 0 Å². The summed E-state index contributed by atoms with van der Waals surface area (Å²) in [5.41, 5.74) is 1.23. The average molecular weight is 305 g/mol. The van der Waals surface area contributed by atoms with Gasteiger partial charge in [-0.25, -0.2) is 4.79 Å². The fourth-order valence-corrected chi connectivity index (χ4v) is 2.18. The lowest BCUT2D eigenvalue weighted by Gasteiger charge is -2.27. The molecule has 1 aromatic carbocycles. The van der Waals surface area contributed by atoms with Crippen molar-refractivity contribution in [1.82, 2.24) is 4.90 Å². The first-order valence-corrected chi connectivity index (χ1v) is 7.54. The summed E-state index contributed by atoms with van der Waals surface area (Å²) < 4.78 is 5.46. The van der Waals surface area contributed by atoms with E-state index in [2.05, 4.69) is 0 Å². The molecule has 1 aliphatic rings. The zero-order valence-electron chi connectivity index (χ0n) is 13.3. The number of benzene rings is 1. The highest BCUT2D eigenvalue weighted by Crippen LogP contribution is 2.30. The Labute approximate surface area is 130 Å². The Morgan fingerprint density at radius 1 is 1.18 bits per heavy atom. The molecule has 0 bridgehead atoms. The van der Waals surface area contributed by atoms with Gasteiger partial charge in [0, 0.05) is 12.6 Å². The van der Waals surface area contributed by atoms with Crippen molar-refractivity contribution >= 4 is 12.1 Å². The standard InChI is InChI=1S/C17H23NO4/c1-17(2,3)22-16(21)18(14-8-9-14)11-13-6-4-12(5-7-13)10-15(19)20/h4-7,14H,8-11H2,1-3H3,(H,19,20). The van der Waals surface area contributed by atoms with Crippen molar-refractivity contribution < 1.29 is 19.4 Å². The molecule has 0 aromatic heterocycles. The number of carboxylic acids is 1. The quantitative estimate of drug-likeness (QED) is 0.907. The van der Waals surface area contributed by atoms with Gasteiger partial charge >= 0.3 is 12.1 Å². The van der Waals surface area contributed by atoms with Crippen LogP contribution in [-0.2, 0) is 22.5 Å². The number of aliphatic carboxylic acids is 1.